The van der Waals surface area contributed by atoms with Gasteiger partial charge in [-0.1, -0.05) is 34.9 Å². The Labute approximate surface area is 178 Å². The van der Waals surface area contributed by atoms with Crippen molar-refractivity contribution >= 4 is 0 Å². The van der Waals surface area contributed by atoms with Gasteiger partial charge in [-0.3, -0.25) is 0 Å². The summed E-state index contributed by atoms with van der Waals surface area (Å²) >= 11 is 0. The van der Waals surface area contributed by atoms with Crippen LogP contribution in [0.1, 0.15) is 90.7 Å². The first kappa shape index (κ1) is 23.3. The Hall–Kier alpha value is -1.96. The summed E-state index contributed by atoms with van der Waals surface area (Å²) in [6.45, 7) is 13.1. The van der Waals surface area contributed by atoms with Crippen LogP contribution in [-0.4, -0.2) is 10.7 Å². The Balaban J connectivity index is 1.79. The second-order valence-corrected chi connectivity index (χ2v) is 9.30. The zero-order valence-corrected chi connectivity index (χ0v) is 19.4. The average molecular weight is 397 g/mol. The molecule has 0 fully saturated rings. The molecule has 1 aliphatic heterocycles. The summed E-state index contributed by atoms with van der Waals surface area (Å²) in [5, 5.41) is 9.80. The number of phenols is 1. The Bertz CT molecular complexity index is 778. The third-order valence-corrected chi connectivity index (χ3v) is 5.90. The fourth-order valence-electron chi connectivity index (χ4n) is 3.99. The molecule has 29 heavy (non-hydrogen) atoms. The van der Waals surface area contributed by atoms with Gasteiger partial charge in [-0.15, -0.1) is 0 Å². The molecule has 1 aromatic rings. The lowest BCUT2D eigenvalue weighted by Crippen LogP contribution is -2.36. The summed E-state index contributed by atoms with van der Waals surface area (Å²) in [5.74, 6) is 1.32. The molecule has 2 nitrogen and oxygen atoms in total. The van der Waals surface area contributed by atoms with Gasteiger partial charge >= 0.3 is 0 Å². The zero-order chi connectivity index (χ0) is 21.4. The maximum absolute atomic E-state index is 9.80. The first-order valence-corrected chi connectivity index (χ1v) is 11.1. The summed E-state index contributed by atoms with van der Waals surface area (Å²) in [6, 6.07) is 3.64. The van der Waals surface area contributed by atoms with Crippen molar-refractivity contribution in [3.05, 3.63) is 58.2 Å². The van der Waals surface area contributed by atoms with Gasteiger partial charge in [0.15, 0.2) is 0 Å². The summed E-state index contributed by atoms with van der Waals surface area (Å²) in [6.07, 6.45) is 15.8. The van der Waals surface area contributed by atoms with Gasteiger partial charge in [0.05, 0.1) is 0 Å². The number of aryl methyl sites for hydroxylation is 2. The molecule has 1 N–H and O–H groups in total. The van der Waals surface area contributed by atoms with Gasteiger partial charge in [0.2, 0.25) is 0 Å². The van der Waals surface area contributed by atoms with Crippen molar-refractivity contribution in [1.82, 2.24) is 0 Å². The summed E-state index contributed by atoms with van der Waals surface area (Å²) in [7, 11) is 0. The molecule has 0 saturated carbocycles. The van der Waals surface area contributed by atoms with E-state index >= 15 is 0 Å². The zero-order valence-electron chi connectivity index (χ0n) is 19.4. The Morgan fingerprint density at radius 1 is 1.00 bits per heavy atom. The topological polar surface area (TPSA) is 29.5 Å². The monoisotopic (exact) mass is 396 g/mol. The number of allylic oxidation sites excluding steroid dienone is 6. The number of hydrogen-bond acceptors (Lipinski definition) is 2. The lowest BCUT2D eigenvalue weighted by atomic mass is 9.87. The molecule has 0 aliphatic carbocycles. The van der Waals surface area contributed by atoms with Crippen molar-refractivity contribution in [3.8, 4) is 11.5 Å². The molecule has 0 amide bonds. The van der Waals surface area contributed by atoms with Crippen LogP contribution < -0.4 is 4.74 Å². The Kier molecular flexibility index (Phi) is 8.61. The normalized spacial score (nSPS) is 19.5. The second kappa shape index (κ2) is 10.7. The summed E-state index contributed by atoms with van der Waals surface area (Å²) < 4.78 is 6.40. The van der Waals surface area contributed by atoms with Crippen LogP contribution in [0.2, 0.25) is 0 Å². The molecule has 1 aliphatic rings. The van der Waals surface area contributed by atoms with Crippen molar-refractivity contribution in [1.29, 1.82) is 0 Å². The minimum Gasteiger partial charge on any atom is -0.508 e. The number of fused-ring (bicyclic) bond motifs is 1. The van der Waals surface area contributed by atoms with E-state index in [2.05, 4.69) is 52.8 Å². The van der Waals surface area contributed by atoms with Gasteiger partial charge in [0.25, 0.3) is 0 Å². The Morgan fingerprint density at radius 3 is 2.28 bits per heavy atom. The highest BCUT2D eigenvalue weighted by molar-refractivity contribution is 5.47. The molecule has 160 valence electrons. The summed E-state index contributed by atoms with van der Waals surface area (Å²) in [4.78, 5) is 0. The van der Waals surface area contributed by atoms with Crippen molar-refractivity contribution in [3.63, 3.8) is 0 Å². The first-order valence-electron chi connectivity index (χ1n) is 11.1. The van der Waals surface area contributed by atoms with Crippen LogP contribution in [0.5, 0.6) is 11.5 Å². The molecule has 0 spiro atoms. The predicted molar refractivity (Wildman–Crippen MR) is 125 cm³/mol. The number of phenolic OH excluding ortho intramolecular Hbond substituents is 1. The van der Waals surface area contributed by atoms with E-state index in [9.17, 15) is 5.11 Å². The van der Waals surface area contributed by atoms with Gasteiger partial charge in [0.1, 0.15) is 17.1 Å². The van der Waals surface area contributed by atoms with E-state index in [1.165, 1.54) is 23.1 Å². The fraction of sp³-hybridized carbons (Fsp3) is 0.556. The average Bonchev–Trinajstić information content (AvgIpc) is 2.62. The second-order valence-electron chi connectivity index (χ2n) is 9.30. The quantitative estimate of drug-likeness (QED) is 0.429. The SMILES string of the molecule is CC(C)=CCC/C(C)=C\CC/C(C)=C\CC[C@@]1(C)CCc2cc(O)cc(C)c2O1. The molecule has 2 heteroatoms. The van der Waals surface area contributed by atoms with Crippen LogP contribution in [0.4, 0.5) is 0 Å². The van der Waals surface area contributed by atoms with Crippen molar-refractivity contribution in [2.45, 2.75) is 98.5 Å². The van der Waals surface area contributed by atoms with Crippen LogP contribution >= 0.6 is 0 Å². The highest BCUT2D eigenvalue weighted by Gasteiger charge is 2.31. The van der Waals surface area contributed by atoms with Crippen molar-refractivity contribution < 1.29 is 9.84 Å². The van der Waals surface area contributed by atoms with Gasteiger partial charge < -0.3 is 9.84 Å². The van der Waals surface area contributed by atoms with E-state index in [0.717, 1.165) is 61.8 Å². The lowest BCUT2D eigenvalue weighted by Gasteiger charge is -2.36. The molecular formula is C27H40O2. The number of benzene rings is 1. The highest BCUT2D eigenvalue weighted by Crippen LogP contribution is 2.39. The largest absolute Gasteiger partial charge is 0.508 e. The van der Waals surface area contributed by atoms with Crippen molar-refractivity contribution in [2.75, 3.05) is 0 Å². The van der Waals surface area contributed by atoms with Gasteiger partial charge in [0, 0.05) is 0 Å². The number of ether oxygens (including phenoxy) is 1. The highest BCUT2D eigenvalue weighted by atomic mass is 16.5. The smallest absolute Gasteiger partial charge is 0.126 e. The maximum Gasteiger partial charge on any atom is 0.126 e. The van der Waals surface area contributed by atoms with E-state index < -0.39 is 0 Å². The van der Waals surface area contributed by atoms with Gasteiger partial charge in [-0.2, -0.15) is 0 Å². The molecule has 0 saturated heterocycles. The van der Waals surface area contributed by atoms with Gasteiger partial charge in [-0.25, -0.2) is 0 Å². The van der Waals surface area contributed by atoms with Crippen LogP contribution in [0.3, 0.4) is 0 Å². The van der Waals surface area contributed by atoms with Crippen LogP contribution in [0.25, 0.3) is 0 Å². The molecule has 1 atom stereocenters. The third-order valence-electron chi connectivity index (χ3n) is 5.90. The Morgan fingerprint density at radius 2 is 1.62 bits per heavy atom. The molecule has 0 bridgehead atoms. The third kappa shape index (κ3) is 7.76. The lowest BCUT2D eigenvalue weighted by molar-refractivity contribution is 0.0561. The molecule has 1 heterocycles. The minimum atomic E-state index is -0.118. The number of rotatable bonds is 9. The van der Waals surface area contributed by atoms with Crippen LogP contribution in [-0.2, 0) is 6.42 Å². The molecular weight excluding hydrogens is 356 g/mol. The molecule has 0 aromatic heterocycles. The van der Waals surface area contributed by atoms with E-state index in [-0.39, 0.29) is 5.60 Å². The molecule has 0 unspecified atom stereocenters. The van der Waals surface area contributed by atoms with E-state index in [1.54, 1.807) is 6.07 Å². The number of aromatic hydroxyl groups is 1. The molecule has 1 aromatic carbocycles. The van der Waals surface area contributed by atoms with Gasteiger partial charge in [-0.05, 0) is 116 Å². The molecule has 2 rings (SSSR count). The van der Waals surface area contributed by atoms with Crippen molar-refractivity contribution in [2.24, 2.45) is 0 Å². The fourth-order valence-corrected chi connectivity index (χ4v) is 3.99. The summed E-state index contributed by atoms with van der Waals surface area (Å²) in [5.41, 5.74) is 6.43. The van der Waals surface area contributed by atoms with Crippen LogP contribution in [0.15, 0.2) is 47.1 Å². The van der Waals surface area contributed by atoms with E-state index in [4.69, 9.17) is 4.74 Å². The number of hydrogen-bond donors (Lipinski definition) is 1. The minimum absolute atomic E-state index is 0.118. The predicted octanol–water partition coefficient (Wildman–Crippen LogP) is 7.98. The van der Waals surface area contributed by atoms with E-state index in [0.29, 0.717) is 5.75 Å². The van der Waals surface area contributed by atoms with E-state index in [1.807, 2.05) is 13.0 Å². The standard InChI is InChI=1S/C27H40O2/c1-20(2)10-7-11-21(3)12-8-13-22(4)14-9-16-27(6)17-15-24-19-25(28)18-23(5)26(24)29-27/h10,12,14,18-19,28H,7-9,11,13,15-17H2,1-6H3/b21-12-,22-14-/t27-/m0/s1. The first-order chi connectivity index (χ1) is 13.7. The molecule has 0 radical (unpaired) electrons. The van der Waals surface area contributed by atoms with Crippen LogP contribution in [0, 0.1) is 6.92 Å². The maximum atomic E-state index is 9.80.